The van der Waals surface area contributed by atoms with Crippen molar-refractivity contribution in [3.63, 3.8) is 0 Å². The highest BCUT2D eigenvalue weighted by Crippen LogP contribution is 2.06. The smallest absolute Gasteiger partial charge is 0.306 e. The van der Waals surface area contributed by atoms with Crippen molar-refractivity contribution in [2.75, 3.05) is 5.73 Å². The van der Waals surface area contributed by atoms with E-state index in [1.54, 1.807) is 12.3 Å². The van der Waals surface area contributed by atoms with Gasteiger partial charge in [-0.25, -0.2) is 9.97 Å². The number of nitrogens with two attached hydrogens (primary N) is 1. The number of carbonyl (C=O) groups excluding carboxylic acids is 1. The lowest BCUT2D eigenvalue weighted by Crippen LogP contribution is -2.05. The quantitative estimate of drug-likeness (QED) is 0.624. The van der Waals surface area contributed by atoms with Crippen LogP contribution in [0.4, 0.5) is 5.82 Å². The molecule has 0 aliphatic carbocycles. The van der Waals surface area contributed by atoms with Gasteiger partial charge in [0.05, 0.1) is 0 Å². The molecule has 110 valence electrons. The van der Waals surface area contributed by atoms with E-state index < -0.39 is 0 Å². The van der Waals surface area contributed by atoms with Crippen LogP contribution < -0.4 is 5.73 Å². The lowest BCUT2D eigenvalue weighted by Gasteiger charge is -2.05. The van der Waals surface area contributed by atoms with Gasteiger partial charge in [0.15, 0.2) is 0 Å². The fraction of sp³-hybridized carbons (Fsp3) is 0.312. The lowest BCUT2D eigenvalue weighted by atomic mass is 10.2. The molecule has 0 unspecified atom stereocenters. The Morgan fingerprint density at radius 2 is 1.95 bits per heavy atom. The molecule has 1 aromatic heterocycles. The van der Waals surface area contributed by atoms with Gasteiger partial charge in [0, 0.05) is 19.0 Å². The first-order valence-electron chi connectivity index (χ1n) is 7.01. The summed E-state index contributed by atoms with van der Waals surface area (Å²) in [7, 11) is 0. The van der Waals surface area contributed by atoms with Crippen LogP contribution in [0.2, 0.25) is 0 Å². The molecule has 0 saturated heterocycles. The molecule has 2 N–H and O–H groups in total. The topological polar surface area (TPSA) is 78.1 Å². The summed E-state index contributed by atoms with van der Waals surface area (Å²) >= 11 is 0. The SMILES string of the molecule is Nc1ccnc(CCCCC(=O)OCc2ccccc2)n1. The van der Waals surface area contributed by atoms with E-state index in [0.29, 0.717) is 24.7 Å². The van der Waals surface area contributed by atoms with Crippen molar-refractivity contribution >= 4 is 11.8 Å². The summed E-state index contributed by atoms with van der Waals surface area (Å²) in [6.45, 7) is 0.331. The Bertz CT molecular complexity index is 573. The summed E-state index contributed by atoms with van der Waals surface area (Å²) in [5, 5.41) is 0. The minimum Gasteiger partial charge on any atom is -0.461 e. The normalized spacial score (nSPS) is 10.3. The molecular weight excluding hydrogens is 266 g/mol. The highest BCUT2D eigenvalue weighted by Gasteiger charge is 2.04. The molecule has 0 radical (unpaired) electrons. The molecule has 1 heterocycles. The monoisotopic (exact) mass is 285 g/mol. The number of carbonyl (C=O) groups is 1. The molecule has 2 rings (SSSR count). The van der Waals surface area contributed by atoms with Gasteiger partial charge in [-0.05, 0) is 24.5 Å². The van der Waals surface area contributed by atoms with Gasteiger partial charge in [0.2, 0.25) is 0 Å². The molecule has 0 atom stereocenters. The van der Waals surface area contributed by atoms with Crippen molar-refractivity contribution in [1.82, 2.24) is 9.97 Å². The number of hydrogen-bond acceptors (Lipinski definition) is 5. The van der Waals surface area contributed by atoms with Crippen LogP contribution >= 0.6 is 0 Å². The molecule has 0 spiro atoms. The summed E-state index contributed by atoms with van der Waals surface area (Å²) in [6.07, 6.45) is 4.37. The summed E-state index contributed by atoms with van der Waals surface area (Å²) in [6, 6.07) is 11.3. The Balaban J connectivity index is 1.61. The fourth-order valence-corrected chi connectivity index (χ4v) is 1.90. The Hall–Kier alpha value is -2.43. The van der Waals surface area contributed by atoms with E-state index in [-0.39, 0.29) is 5.97 Å². The number of aromatic nitrogens is 2. The highest BCUT2D eigenvalue weighted by atomic mass is 16.5. The van der Waals surface area contributed by atoms with Gasteiger partial charge in [-0.2, -0.15) is 0 Å². The summed E-state index contributed by atoms with van der Waals surface area (Å²) < 4.78 is 5.21. The maximum atomic E-state index is 11.6. The van der Waals surface area contributed by atoms with Crippen molar-refractivity contribution in [2.45, 2.75) is 32.3 Å². The number of rotatable bonds is 7. The number of benzene rings is 1. The minimum absolute atomic E-state index is 0.174. The number of unbranched alkanes of at least 4 members (excludes halogenated alkanes) is 1. The number of aryl methyl sites for hydroxylation is 1. The van der Waals surface area contributed by atoms with Crippen molar-refractivity contribution in [1.29, 1.82) is 0 Å². The van der Waals surface area contributed by atoms with Gasteiger partial charge < -0.3 is 10.5 Å². The van der Waals surface area contributed by atoms with Crippen LogP contribution in [-0.2, 0) is 22.6 Å². The van der Waals surface area contributed by atoms with Gasteiger partial charge in [-0.15, -0.1) is 0 Å². The molecule has 5 nitrogen and oxygen atoms in total. The van der Waals surface area contributed by atoms with Crippen molar-refractivity contribution in [3.05, 3.63) is 54.0 Å². The van der Waals surface area contributed by atoms with Crippen LogP contribution in [0.5, 0.6) is 0 Å². The molecule has 0 amide bonds. The predicted octanol–water partition coefficient (Wildman–Crippen LogP) is 2.52. The minimum atomic E-state index is -0.174. The van der Waals surface area contributed by atoms with Crippen molar-refractivity contribution in [2.24, 2.45) is 0 Å². The zero-order valence-corrected chi connectivity index (χ0v) is 11.9. The first-order chi connectivity index (χ1) is 10.2. The van der Waals surface area contributed by atoms with E-state index in [9.17, 15) is 4.79 Å². The standard InChI is InChI=1S/C16H19N3O2/c17-14-10-11-18-15(19-14)8-4-5-9-16(20)21-12-13-6-2-1-3-7-13/h1-3,6-7,10-11H,4-5,8-9,12H2,(H2,17,18,19). The first-order valence-corrected chi connectivity index (χ1v) is 7.01. The molecule has 0 aliphatic rings. The van der Waals surface area contributed by atoms with Crippen LogP contribution in [0.1, 0.15) is 30.7 Å². The molecule has 0 saturated carbocycles. The zero-order chi connectivity index (χ0) is 14.9. The van der Waals surface area contributed by atoms with Gasteiger partial charge in [0.1, 0.15) is 18.2 Å². The fourth-order valence-electron chi connectivity index (χ4n) is 1.90. The molecule has 21 heavy (non-hydrogen) atoms. The maximum absolute atomic E-state index is 11.6. The van der Waals surface area contributed by atoms with Crippen molar-refractivity contribution < 1.29 is 9.53 Å². The van der Waals surface area contributed by atoms with Gasteiger partial charge in [-0.1, -0.05) is 30.3 Å². The van der Waals surface area contributed by atoms with Crippen LogP contribution in [0.3, 0.4) is 0 Å². The third kappa shape index (κ3) is 5.60. The first kappa shape index (κ1) is 15.0. The predicted molar refractivity (Wildman–Crippen MR) is 80.2 cm³/mol. The molecular formula is C16H19N3O2. The van der Waals surface area contributed by atoms with Crippen LogP contribution in [0.15, 0.2) is 42.6 Å². The molecule has 0 fully saturated rings. The Morgan fingerprint density at radius 1 is 1.14 bits per heavy atom. The number of nitrogens with zero attached hydrogens (tertiary/aromatic N) is 2. The number of esters is 1. The number of hydrogen-bond donors (Lipinski definition) is 1. The molecule has 1 aromatic carbocycles. The molecule has 0 bridgehead atoms. The van der Waals surface area contributed by atoms with E-state index in [1.165, 1.54) is 0 Å². The van der Waals surface area contributed by atoms with E-state index in [2.05, 4.69) is 9.97 Å². The third-order valence-corrected chi connectivity index (χ3v) is 3.00. The second-order valence-corrected chi connectivity index (χ2v) is 4.75. The van der Waals surface area contributed by atoms with Crippen LogP contribution in [0.25, 0.3) is 0 Å². The molecule has 2 aromatic rings. The zero-order valence-electron chi connectivity index (χ0n) is 11.9. The average Bonchev–Trinajstić information content (AvgIpc) is 2.51. The maximum Gasteiger partial charge on any atom is 0.306 e. The second-order valence-electron chi connectivity index (χ2n) is 4.75. The summed E-state index contributed by atoms with van der Waals surface area (Å²) in [5.74, 6) is 1.02. The lowest BCUT2D eigenvalue weighted by molar-refractivity contribution is -0.145. The Kier molecular flexibility index (Phi) is 5.70. The number of nitrogen functional groups attached to an aromatic ring is 1. The van der Waals surface area contributed by atoms with E-state index in [4.69, 9.17) is 10.5 Å². The molecule has 0 aliphatic heterocycles. The van der Waals surface area contributed by atoms with Gasteiger partial charge >= 0.3 is 5.97 Å². The molecule has 5 heteroatoms. The highest BCUT2D eigenvalue weighted by molar-refractivity contribution is 5.69. The third-order valence-electron chi connectivity index (χ3n) is 3.00. The second kappa shape index (κ2) is 7.99. The van der Waals surface area contributed by atoms with E-state index in [0.717, 1.165) is 24.8 Å². The largest absolute Gasteiger partial charge is 0.461 e. The Morgan fingerprint density at radius 3 is 2.71 bits per heavy atom. The van der Waals surface area contributed by atoms with Crippen molar-refractivity contribution in [3.8, 4) is 0 Å². The average molecular weight is 285 g/mol. The van der Waals surface area contributed by atoms with Crippen LogP contribution in [-0.4, -0.2) is 15.9 Å². The van der Waals surface area contributed by atoms with Gasteiger partial charge in [0.25, 0.3) is 0 Å². The Labute approximate surface area is 124 Å². The van der Waals surface area contributed by atoms with Crippen LogP contribution in [0, 0.1) is 0 Å². The number of ether oxygens (including phenoxy) is 1. The van der Waals surface area contributed by atoms with Gasteiger partial charge in [-0.3, -0.25) is 4.79 Å². The summed E-state index contributed by atoms with van der Waals surface area (Å²) in [5.41, 5.74) is 6.58. The number of anilines is 1. The summed E-state index contributed by atoms with van der Waals surface area (Å²) in [4.78, 5) is 19.8. The van der Waals surface area contributed by atoms with E-state index >= 15 is 0 Å². The van der Waals surface area contributed by atoms with E-state index in [1.807, 2.05) is 30.3 Å².